The van der Waals surface area contributed by atoms with Crippen molar-refractivity contribution in [2.75, 3.05) is 12.4 Å². The maximum absolute atomic E-state index is 12.3. The number of esters is 1. The first-order chi connectivity index (χ1) is 13.4. The highest BCUT2D eigenvalue weighted by Gasteiger charge is 2.15. The smallest absolute Gasteiger partial charge is 0.337 e. The van der Waals surface area contributed by atoms with Crippen LogP contribution in [0.3, 0.4) is 0 Å². The van der Waals surface area contributed by atoms with E-state index in [-0.39, 0.29) is 11.6 Å². The van der Waals surface area contributed by atoms with Gasteiger partial charge in [-0.2, -0.15) is 0 Å². The highest BCUT2D eigenvalue weighted by Crippen LogP contribution is 2.29. The van der Waals surface area contributed by atoms with Gasteiger partial charge < -0.3 is 4.74 Å². The second-order valence-corrected chi connectivity index (χ2v) is 6.68. The number of aromatic nitrogens is 1. The van der Waals surface area contributed by atoms with Crippen LogP contribution < -0.4 is 5.32 Å². The number of methoxy groups -OCH3 is 1. The number of nitrogens with zero attached hydrogens (tertiary/aromatic N) is 2. The lowest BCUT2D eigenvalue weighted by atomic mass is 10.1. The van der Waals surface area contributed by atoms with Gasteiger partial charge in [0.15, 0.2) is 5.13 Å². The molecule has 0 aliphatic carbocycles. The zero-order valence-corrected chi connectivity index (χ0v) is 15.8. The Morgan fingerprint density at radius 3 is 2.46 bits per heavy atom. The number of nitrogens with one attached hydrogen (secondary N) is 1. The van der Waals surface area contributed by atoms with Crippen molar-refractivity contribution in [2.45, 2.75) is 6.92 Å². The Kier molecular flexibility index (Phi) is 5.46. The number of ether oxygens (including phenoxy) is 1. The van der Waals surface area contributed by atoms with Gasteiger partial charge >= 0.3 is 5.97 Å². The number of anilines is 1. The molecule has 0 spiro atoms. The summed E-state index contributed by atoms with van der Waals surface area (Å²) in [6.07, 6.45) is 0. The van der Waals surface area contributed by atoms with Crippen molar-refractivity contribution in [1.29, 1.82) is 0 Å². The topological polar surface area (TPSA) is 111 Å². The molecule has 3 rings (SSSR count). The fourth-order valence-corrected chi connectivity index (χ4v) is 3.19. The summed E-state index contributed by atoms with van der Waals surface area (Å²) in [7, 11) is 1.28. The van der Waals surface area contributed by atoms with E-state index in [9.17, 15) is 19.7 Å². The van der Waals surface area contributed by atoms with Crippen molar-refractivity contribution in [1.82, 2.24) is 4.98 Å². The van der Waals surface area contributed by atoms with Gasteiger partial charge in [-0.1, -0.05) is 12.1 Å². The van der Waals surface area contributed by atoms with Gasteiger partial charge in [-0.15, -0.1) is 11.3 Å². The Morgan fingerprint density at radius 1 is 1.14 bits per heavy atom. The second kappa shape index (κ2) is 7.97. The van der Waals surface area contributed by atoms with Crippen LogP contribution in [0.15, 0.2) is 47.8 Å². The van der Waals surface area contributed by atoms with Crippen LogP contribution in [0.2, 0.25) is 0 Å². The minimum absolute atomic E-state index is 0.0155. The summed E-state index contributed by atoms with van der Waals surface area (Å²) < 4.78 is 4.62. The molecular formula is C19H15N3O5S. The van der Waals surface area contributed by atoms with Gasteiger partial charge in [0, 0.05) is 28.1 Å². The van der Waals surface area contributed by atoms with Gasteiger partial charge in [0.25, 0.3) is 11.6 Å². The summed E-state index contributed by atoms with van der Waals surface area (Å²) >= 11 is 1.21. The van der Waals surface area contributed by atoms with Crippen LogP contribution in [-0.2, 0) is 4.74 Å². The van der Waals surface area contributed by atoms with Crippen LogP contribution in [0.4, 0.5) is 10.8 Å². The largest absolute Gasteiger partial charge is 0.465 e. The van der Waals surface area contributed by atoms with Crippen LogP contribution >= 0.6 is 11.3 Å². The van der Waals surface area contributed by atoms with Crippen molar-refractivity contribution in [2.24, 2.45) is 0 Å². The average Bonchev–Trinajstić information content (AvgIpc) is 3.16. The van der Waals surface area contributed by atoms with Crippen molar-refractivity contribution in [3.8, 4) is 11.3 Å². The third-order valence-corrected chi connectivity index (χ3v) is 4.75. The second-order valence-electron chi connectivity index (χ2n) is 5.82. The Labute approximate surface area is 164 Å². The molecule has 0 aliphatic rings. The normalized spacial score (nSPS) is 10.4. The van der Waals surface area contributed by atoms with E-state index in [0.717, 1.165) is 0 Å². The molecule has 0 atom stereocenters. The van der Waals surface area contributed by atoms with Crippen molar-refractivity contribution in [3.63, 3.8) is 0 Å². The van der Waals surface area contributed by atoms with Gasteiger partial charge in [-0.25, -0.2) is 9.78 Å². The number of amides is 1. The highest BCUT2D eigenvalue weighted by atomic mass is 32.1. The van der Waals surface area contributed by atoms with Crippen LogP contribution in [0.25, 0.3) is 11.3 Å². The number of aryl methyl sites for hydroxylation is 1. The minimum Gasteiger partial charge on any atom is -0.465 e. The summed E-state index contributed by atoms with van der Waals surface area (Å²) in [6, 6.07) is 10.9. The number of carbonyl (C=O) groups is 2. The van der Waals surface area contributed by atoms with E-state index < -0.39 is 10.9 Å². The van der Waals surface area contributed by atoms with E-state index in [1.165, 1.54) is 48.8 Å². The molecule has 8 nitrogen and oxygen atoms in total. The molecule has 1 aromatic heterocycles. The van der Waals surface area contributed by atoms with E-state index >= 15 is 0 Å². The van der Waals surface area contributed by atoms with Gasteiger partial charge in [-0.3, -0.25) is 20.2 Å². The summed E-state index contributed by atoms with van der Waals surface area (Å²) in [5.74, 6) is -0.865. The quantitative estimate of drug-likeness (QED) is 0.395. The predicted molar refractivity (Wildman–Crippen MR) is 105 cm³/mol. The standard InChI is InChI=1S/C19H15N3O5S/c1-11-3-4-14(9-16(11)22(25)26)15-10-28-19(20-15)21-17(23)12-5-7-13(8-6-12)18(24)27-2/h3-10H,1-2H3,(H,20,21,23). The minimum atomic E-state index is -0.483. The monoisotopic (exact) mass is 397 g/mol. The Bertz CT molecular complexity index is 1060. The molecule has 1 heterocycles. The molecule has 142 valence electrons. The number of carbonyl (C=O) groups excluding carboxylic acids is 2. The maximum atomic E-state index is 12.3. The van der Waals surface area contributed by atoms with E-state index in [1.54, 1.807) is 24.4 Å². The number of hydrogen-bond donors (Lipinski definition) is 1. The van der Waals surface area contributed by atoms with Crippen LogP contribution in [-0.4, -0.2) is 28.9 Å². The summed E-state index contributed by atoms with van der Waals surface area (Å²) in [5, 5.41) is 15.9. The third-order valence-electron chi connectivity index (χ3n) is 3.99. The molecule has 0 unspecified atom stereocenters. The molecule has 0 fully saturated rings. The Morgan fingerprint density at radius 2 is 1.82 bits per heavy atom. The average molecular weight is 397 g/mol. The van der Waals surface area contributed by atoms with E-state index in [2.05, 4.69) is 15.0 Å². The molecule has 0 saturated carbocycles. The maximum Gasteiger partial charge on any atom is 0.337 e. The van der Waals surface area contributed by atoms with Crippen LogP contribution in [0.5, 0.6) is 0 Å². The van der Waals surface area contributed by atoms with E-state index in [0.29, 0.717) is 33.1 Å². The zero-order valence-electron chi connectivity index (χ0n) is 15.0. The molecule has 2 aromatic carbocycles. The Balaban J connectivity index is 1.76. The number of benzene rings is 2. The first-order valence-corrected chi connectivity index (χ1v) is 8.97. The Hall–Kier alpha value is -3.59. The van der Waals surface area contributed by atoms with Gasteiger partial charge in [0.2, 0.25) is 0 Å². The van der Waals surface area contributed by atoms with E-state index in [4.69, 9.17) is 0 Å². The summed E-state index contributed by atoms with van der Waals surface area (Å²) in [5.41, 5.74) is 2.41. The number of thiazole rings is 1. The number of nitro benzene ring substituents is 1. The zero-order chi connectivity index (χ0) is 20.3. The van der Waals surface area contributed by atoms with Gasteiger partial charge in [0.1, 0.15) is 0 Å². The first kappa shape index (κ1) is 19.2. The molecule has 1 N–H and O–H groups in total. The fourth-order valence-electron chi connectivity index (χ4n) is 2.47. The van der Waals surface area contributed by atoms with Crippen molar-refractivity contribution in [3.05, 3.63) is 74.6 Å². The lowest BCUT2D eigenvalue weighted by Gasteiger charge is -2.03. The fraction of sp³-hybridized carbons (Fsp3) is 0.105. The third kappa shape index (κ3) is 4.04. The van der Waals surface area contributed by atoms with Gasteiger partial charge in [-0.05, 0) is 31.2 Å². The van der Waals surface area contributed by atoms with Crippen molar-refractivity contribution >= 4 is 34.0 Å². The summed E-state index contributed by atoms with van der Waals surface area (Å²) in [6.45, 7) is 1.67. The highest BCUT2D eigenvalue weighted by molar-refractivity contribution is 7.14. The lowest BCUT2D eigenvalue weighted by molar-refractivity contribution is -0.385. The molecule has 0 radical (unpaired) electrons. The van der Waals surface area contributed by atoms with Gasteiger partial charge in [0.05, 0.1) is 23.3 Å². The van der Waals surface area contributed by atoms with Crippen LogP contribution in [0.1, 0.15) is 26.3 Å². The predicted octanol–water partition coefficient (Wildman–Crippen LogP) is 4.07. The molecule has 0 bridgehead atoms. The number of nitro groups is 1. The molecule has 0 saturated heterocycles. The summed E-state index contributed by atoms with van der Waals surface area (Å²) in [4.78, 5) is 38.8. The number of hydrogen-bond acceptors (Lipinski definition) is 7. The van der Waals surface area contributed by atoms with Crippen molar-refractivity contribution < 1.29 is 19.2 Å². The van der Waals surface area contributed by atoms with Crippen LogP contribution in [0, 0.1) is 17.0 Å². The SMILES string of the molecule is COC(=O)c1ccc(C(=O)Nc2nc(-c3ccc(C)c([N+](=O)[O-])c3)cs2)cc1. The van der Waals surface area contributed by atoms with E-state index in [1.807, 2.05) is 0 Å². The first-order valence-electron chi connectivity index (χ1n) is 8.09. The lowest BCUT2D eigenvalue weighted by Crippen LogP contribution is -2.12. The number of rotatable bonds is 5. The molecule has 1 amide bonds. The molecule has 28 heavy (non-hydrogen) atoms. The molecule has 0 aliphatic heterocycles. The molecule has 9 heteroatoms. The molecule has 3 aromatic rings. The molecular weight excluding hydrogens is 382 g/mol.